The topological polar surface area (TPSA) is 102 Å². The largest absolute Gasteiger partial charge is 0.497 e. The van der Waals surface area contributed by atoms with Crippen LogP contribution in [0.5, 0.6) is 11.5 Å². The van der Waals surface area contributed by atoms with Crippen molar-refractivity contribution in [3.63, 3.8) is 0 Å². The number of likely N-dealkylation sites (N-methyl/N-ethyl adjacent to an activating group) is 2. The highest BCUT2D eigenvalue weighted by atomic mass is 32.2. The molecule has 0 aromatic heterocycles. The van der Waals surface area contributed by atoms with Crippen LogP contribution in [0.3, 0.4) is 0 Å². The number of rotatable bonds is 7. The van der Waals surface area contributed by atoms with Gasteiger partial charge in [-0.1, -0.05) is 12.1 Å². The van der Waals surface area contributed by atoms with Crippen molar-refractivity contribution >= 4 is 27.5 Å². The van der Waals surface area contributed by atoms with Gasteiger partial charge in [-0.2, -0.15) is 17.5 Å². The first-order valence-corrected chi connectivity index (χ1v) is 15.0. The second-order valence-electron chi connectivity index (χ2n) is 10.9. The van der Waals surface area contributed by atoms with Gasteiger partial charge in [0.25, 0.3) is 15.9 Å². The molecule has 0 saturated carbocycles. The number of halogens is 5. The molecule has 4 atom stereocenters. The summed E-state index contributed by atoms with van der Waals surface area (Å²) < 4.78 is 113. The summed E-state index contributed by atoms with van der Waals surface area (Å²) in [6.45, 7) is -0.631. The molecule has 2 aliphatic rings. The first-order valence-electron chi connectivity index (χ1n) is 13.6. The SMILES string of the molecule is CNC(=O)[C@@H]1C[C@@H](F)C[N+]1(C)C1(c2ccccc2F)C(=O)N(S(=O)(=O)c2ccc(OC)cc2OC)c2ccc(C(F)(F)F)cc21. The van der Waals surface area contributed by atoms with Crippen molar-refractivity contribution in [2.75, 3.05) is 39.2 Å². The van der Waals surface area contributed by atoms with Crippen LogP contribution in [0.2, 0.25) is 0 Å². The van der Waals surface area contributed by atoms with Crippen molar-refractivity contribution < 1.29 is 53.9 Å². The molecule has 3 aromatic carbocycles. The lowest BCUT2D eigenvalue weighted by molar-refractivity contribution is -0.953. The number of amides is 2. The lowest BCUT2D eigenvalue weighted by Crippen LogP contribution is -2.69. The molecule has 1 fully saturated rings. The number of carbonyl (C=O) groups is 2. The number of ether oxygens (including phenoxy) is 2. The molecule has 45 heavy (non-hydrogen) atoms. The number of hydrogen-bond donors (Lipinski definition) is 1. The summed E-state index contributed by atoms with van der Waals surface area (Å²) in [4.78, 5) is 27.7. The standard InChI is InChI=1S/C30H28F5N3O6S/c1-36-27(39)24-14-18(31)16-38(24,2)29(20-7-5-6-8-22(20)32)21-13-17(30(33,34)35)9-11-23(21)37(28(29)40)45(41,42)26-12-10-19(43-3)15-25(26)44-4/h5-13,15,18,24H,14,16H2,1-4H3/p+1/t18-,24+,29?,38?/m1/s1. The summed E-state index contributed by atoms with van der Waals surface area (Å²) in [5.41, 5.74) is -5.55. The molecule has 240 valence electrons. The smallest absolute Gasteiger partial charge is 0.416 e. The fourth-order valence-corrected chi connectivity index (χ4v) is 8.25. The van der Waals surface area contributed by atoms with Crippen molar-refractivity contribution in [2.45, 2.75) is 35.2 Å². The first kappa shape index (κ1) is 32.2. The van der Waals surface area contributed by atoms with Crippen LogP contribution < -0.4 is 19.1 Å². The number of nitrogens with zero attached hydrogens (tertiary/aromatic N) is 2. The summed E-state index contributed by atoms with van der Waals surface area (Å²) in [5, 5.41) is 2.39. The molecule has 3 aromatic rings. The zero-order valence-corrected chi connectivity index (χ0v) is 25.3. The number of sulfonamides is 1. The van der Waals surface area contributed by atoms with Crippen LogP contribution in [0.15, 0.2) is 65.6 Å². The Bertz CT molecular complexity index is 1800. The van der Waals surface area contributed by atoms with E-state index in [0.29, 0.717) is 12.1 Å². The zero-order chi connectivity index (χ0) is 33.1. The number of anilines is 1. The first-order chi connectivity index (χ1) is 21.1. The Morgan fingerprint density at radius 3 is 2.33 bits per heavy atom. The minimum atomic E-state index is -5.03. The maximum Gasteiger partial charge on any atom is 0.416 e. The number of likely N-dealkylation sites (tertiary alicyclic amines) is 1. The van der Waals surface area contributed by atoms with E-state index < -0.39 is 96.3 Å². The Hall–Kier alpha value is -4.24. The Morgan fingerprint density at radius 2 is 1.73 bits per heavy atom. The summed E-state index contributed by atoms with van der Waals surface area (Å²) in [5.74, 6) is -3.30. The van der Waals surface area contributed by atoms with Gasteiger partial charge in [-0.15, -0.1) is 0 Å². The fraction of sp³-hybridized carbons (Fsp3) is 0.333. The fourth-order valence-electron chi connectivity index (χ4n) is 6.65. The van der Waals surface area contributed by atoms with E-state index in [1.54, 1.807) is 0 Å². The monoisotopic (exact) mass is 654 g/mol. The second kappa shape index (κ2) is 11.0. The molecular weight excluding hydrogens is 625 g/mol. The molecule has 0 aliphatic carbocycles. The number of alkyl halides is 4. The molecule has 9 nitrogen and oxygen atoms in total. The van der Waals surface area contributed by atoms with Crippen LogP contribution in [0.25, 0.3) is 0 Å². The van der Waals surface area contributed by atoms with Gasteiger partial charge in [0, 0.05) is 19.5 Å². The van der Waals surface area contributed by atoms with Gasteiger partial charge in [-0.3, -0.25) is 14.1 Å². The second-order valence-corrected chi connectivity index (χ2v) is 12.7. The molecule has 15 heteroatoms. The number of carbonyl (C=O) groups excluding carboxylic acids is 2. The van der Waals surface area contributed by atoms with E-state index in [0.717, 1.165) is 24.3 Å². The average Bonchev–Trinajstić information content (AvgIpc) is 3.46. The molecule has 0 spiro atoms. The van der Waals surface area contributed by atoms with Gasteiger partial charge in [0.2, 0.25) is 5.54 Å². The zero-order valence-electron chi connectivity index (χ0n) is 24.5. The van der Waals surface area contributed by atoms with E-state index in [1.165, 1.54) is 52.6 Å². The maximum absolute atomic E-state index is 16.0. The number of quaternary nitrogens is 1. The Labute approximate surface area is 255 Å². The van der Waals surface area contributed by atoms with E-state index in [-0.39, 0.29) is 15.8 Å². The number of fused-ring (bicyclic) bond motifs is 1. The molecule has 2 heterocycles. The summed E-state index contributed by atoms with van der Waals surface area (Å²) in [6, 6.07) is 8.78. The van der Waals surface area contributed by atoms with Crippen LogP contribution in [-0.2, 0) is 31.3 Å². The Balaban J connectivity index is 1.94. The minimum absolute atomic E-state index is 0.201. The highest BCUT2D eigenvalue weighted by molar-refractivity contribution is 7.93. The molecule has 2 aliphatic heterocycles. The van der Waals surface area contributed by atoms with Gasteiger partial charge >= 0.3 is 12.1 Å². The van der Waals surface area contributed by atoms with Crippen LogP contribution in [0, 0.1) is 5.82 Å². The van der Waals surface area contributed by atoms with Crippen molar-refractivity contribution in [3.05, 3.63) is 83.2 Å². The quantitative estimate of drug-likeness (QED) is 0.304. The van der Waals surface area contributed by atoms with Gasteiger partial charge in [-0.05, 0) is 42.5 Å². The van der Waals surface area contributed by atoms with Crippen molar-refractivity contribution in [1.29, 1.82) is 0 Å². The highest BCUT2D eigenvalue weighted by Crippen LogP contribution is 2.57. The lowest BCUT2D eigenvalue weighted by atomic mass is 9.78. The molecule has 5 rings (SSSR count). The van der Waals surface area contributed by atoms with Crippen LogP contribution in [0.1, 0.15) is 23.1 Å². The molecule has 0 bridgehead atoms. The highest BCUT2D eigenvalue weighted by Gasteiger charge is 2.72. The van der Waals surface area contributed by atoms with E-state index in [9.17, 15) is 26.4 Å². The third-order valence-electron chi connectivity index (χ3n) is 8.64. The Kier molecular flexibility index (Phi) is 7.85. The third-order valence-corrected chi connectivity index (χ3v) is 10.4. The van der Waals surface area contributed by atoms with Gasteiger partial charge in [0.1, 0.15) is 28.8 Å². The minimum Gasteiger partial charge on any atom is -0.497 e. The van der Waals surface area contributed by atoms with Crippen LogP contribution in [-0.4, -0.2) is 71.8 Å². The lowest BCUT2D eigenvalue weighted by Gasteiger charge is -2.48. The van der Waals surface area contributed by atoms with Crippen LogP contribution in [0.4, 0.5) is 27.6 Å². The van der Waals surface area contributed by atoms with E-state index in [1.807, 2.05) is 0 Å². The number of methoxy groups -OCH3 is 2. The molecule has 1 N–H and O–H groups in total. The van der Waals surface area contributed by atoms with E-state index in [2.05, 4.69) is 5.32 Å². The summed E-state index contributed by atoms with van der Waals surface area (Å²) in [6.07, 6.45) is -7.19. The molecular formula is C30H29F5N3O6S+. The van der Waals surface area contributed by atoms with Gasteiger partial charge in [-0.25, -0.2) is 17.2 Å². The van der Waals surface area contributed by atoms with Gasteiger partial charge in [0.05, 0.1) is 43.6 Å². The number of benzene rings is 3. The number of hydrogen-bond acceptors (Lipinski definition) is 6. The normalized spacial score (nSPS) is 24.8. The van der Waals surface area contributed by atoms with Crippen molar-refractivity contribution in [1.82, 2.24) is 5.32 Å². The van der Waals surface area contributed by atoms with Crippen molar-refractivity contribution in [3.8, 4) is 11.5 Å². The maximum atomic E-state index is 16.0. The summed E-state index contributed by atoms with van der Waals surface area (Å²) in [7, 11) is -0.0322. The van der Waals surface area contributed by atoms with Crippen LogP contribution >= 0.6 is 0 Å². The Morgan fingerprint density at radius 1 is 1.04 bits per heavy atom. The molecule has 2 amide bonds. The van der Waals surface area contributed by atoms with E-state index >= 15 is 13.6 Å². The van der Waals surface area contributed by atoms with Gasteiger partial charge in [0.15, 0.2) is 12.2 Å². The van der Waals surface area contributed by atoms with Gasteiger partial charge < -0.3 is 14.8 Å². The predicted molar refractivity (Wildman–Crippen MR) is 151 cm³/mol. The van der Waals surface area contributed by atoms with Crippen molar-refractivity contribution in [2.24, 2.45) is 0 Å². The summed E-state index contributed by atoms with van der Waals surface area (Å²) >= 11 is 0. The average molecular weight is 655 g/mol. The third kappa shape index (κ3) is 4.62. The number of nitrogens with one attached hydrogen (secondary N) is 1. The molecule has 0 radical (unpaired) electrons. The molecule has 2 unspecified atom stereocenters. The van der Waals surface area contributed by atoms with E-state index in [4.69, 9.17) is 9.47 Å². The predicted octanol–water partition coefficient (Wildman–Crippen LogP) is 4.14. The molecule has 1 saturated heterocycles.